The molecular formula is C13H22N2O2. The van der Waals surface area contributed by atoms with Crippen molar-refractivity contribution in [3.63, 3.8) is 0 Å². The average molecular weight is 238 g/mol. The molecule has 0 spiro atoms. The molecule has 0 aliphatic carbocycles. The van der Waals surface area contributed by atoms with Crippen LogP contribution < -0.4 is 5.73 Å². The predicted octanol–water partition coefficient (Wildman–Crippen LogP) is 1.47. The van der Waals surface area contributed by atoms with Gasteiger partial charge in [0.25, 0.3) is 0 Å². The highest BCUT2D eigenvalue weighted by atomic mass is 16.5. The smallest absolute Gasteiger partial charge is 0.117 e. The fourth-order valence-electron chi connectivity index (χ4n) is 2.26. The number of ether oxygens (including phenoxy) is 1. The molecule has 4 nitrogen and oxygen atoms in total. The van der Waals surface area contributed by atoms with E-state index in [2.05, 4.69) is 11.8 Å². The lowest BCUT2D eigenvalue weighted by Gasteiger charge is -2.32. The summed E-state index contributed by atoms with van der Waals surface area (Å²) in [5.41, 5.74) is 6.13. The van der Waals surface area contributed by atoms with Gasteiger partial charge in [0.15, 0.2) is 0 Å². The van der Waals surface area contributed by atoms with Crippen LogP contribution in [-0.4, -0.2) is 37.2 Å². The monoisotopic (exact) mass is 238 g/mol. The van der Waals surface area contributed by atoms with Crippen LogP contribution in [-0.2, 0) is 11.3 Å². The Hall–Kier alpha value is -0.840. The summed E-state index contributed by atoms with van der Waals surface area (Å²) < 4.78 is 10.9. The number of hydrogen-bond donors (Lipinski definition) is 1. The lowest BCUT2D eigenvalue weighted by Crippen LogP contribution is -2.45. The molecule has 0 bridgehead atoms. The molecule has 1 aliphatic heterocycles. The second kappa shape index (κ2) is 6.19. The van der Waals surface area contributed by atoms with Crippen LogP contribution >= 0.6 is 0 Å². The van der Waals surface area contributed by atoms with Gasteiger partial charge in [0.05, 0.1) is 19.4 Å². The van der Waals surface area contributed by atoms with Crippen molar-refractivity contribution in [2.75, 3.05) is 26.3 Å². The van der Waals surface area contributed by atoms with Gasteiger partial charge in [-0.2, -0.15) is 0 Å². The molecule has 0 amide bonds. The Morgan fingerprint density at radius 1 is 1.53 bits per heavy atom. The molecule has 1 aliphatic rings. The maximum absolute atomic E-state index is 6.13. The van der Waals surface area contributed by atoms with Gasteiger partial charge >= 0.3 is 0 Å². The van der Waals surface area contributed by atoms with Crippen LogP contribution in [0.2, 0.25) is 0 Å². The van der Waals surface area contributed by atoms with E-state index in [1.54, 1.807) is 6.26 Å². The maximum Gasteiger partial charge on any atom is 0.117 e. The molecule has 2 unspecified atom stereocenters. The Morgan fingerprint density at radius 2 is 2.41 bits per heavy atom. The number of furan rings is 1. The summed E-state index contributed by atoms with van der Waals surface area (Å²) in [4.78, 5) is 2.36. The van der Waals surface area contributed by atoms with Gasteiger partial charge in [0, 0.05) is 25.1 Å². The lowest BCUT2D eigenvalue weighted by molar-refractivity contribution is 0.0248. The standard InChI is InChI=1S/C13H22N2O2/c1-2-15(9-12-4-3-6-17-12)8-11-10-16-7-5-13(11)14/h3-4,6,11,13H,2,5,7-10,14H2,1H3. The van der Waals surface area contributed by atoms with E-state index in [0.717, 1.165) is 45.0 Å². The van der Waals surface area contributed by atoms with E-state index in [0.29, 0.717) is 5.92 Å². The molecule has 2 N–H and O–H groups in total. The van der Waals surface area contributed by atoms with Crippen molar-refractivity contribution in [2.24, 2.45) is 11.7 Å². The third-order valence-corrected chi connectivity index (χ3v) is 3.43. The highest BCUT2D eigenvalue weighted by Gasteiger charge is 2.24. The van der Waals surface area contributed by atoms with E-state index in [1.165, 1.54) is 0 Å². The number of nitrogens with zero attached hydrogens (tertiary/aromatic N) is 1. The first kappa shape index (κ1) is 12.6. The number of hydrogen-bond acceptors (Lipinski definition) is 4. The van der Waals surface area contributed by atoms with Gasteiger partial charge < -0.3 is 14.9 Å². The molecule has 1 saturated heterocycles. The van der Waals surface area contributed by atoms with Crippen LogP contribution in [0.5, 0.6) is 0 Å². The van der Waals surface area contributed by atoms with Crippen LogP contribution in [0.25, 0.3) is 0 Å². The Morgan fingerprint density at radius 3 is 3.06 bits per heavy atom. The van der Waals surface area contributed by atoms with E-state index in [4.69, 9.17) is 14.9 Å². The predicted molar refractivity (Wildman–Crippen MR) is 66.6 cm³/mol. The summed E-state index contributed by atoms with van der Waals surface area (Å²) in [5, 5.41) is 0. The van der Waals surface area contributed by atoms with Crippen molar-refractivity contribution in [3.05, 3.63) is 24.2 Å². The summed E-state index contributed by atoms with van der Waals surface area (Å²) in [6.45, 7) is 6.60. The van der Waals surface area contributed by atoms with Crippen molar-refractivity contribution in [1.29, 1.82) is 0 Å². The van der Waals surface area contributed by atoms with Crippen molar-refractivity contribution in [3.8, 4) is 0 Å². The van der Waals surface area contributed by atoms with Gasteiger partial charge in [-0.15, -0.1) is 0 Å². The van der Waals surface area contributed by atoms with Crippen LogP contribution in [0.3, 0.4) is 0 Å². The molecule has 1 aromatic rings. The molecule has 0 aromatic carbocycles. The molecule has 2 heterocycles. The molecular weight excluding hydrogens is 216 g/mol. The minimum Gasteiger partial charge on any atom is -0.468 e. The zero-order valence-corrected chi connectivity index (χ0v) is 10.5. The van der Waals surface area contributed by atoms with Crippen molar-refractivity contribution < 1.29 is 9.15 Å². The van der Waals surface area contributed by atoms with Crippen LogP contribution in [0.4, 0.5) is 0 Å². The second-order valence-corrected chi connectivity index (χ2v) is 4.69. The fourth-order valence-corrected chi connectivity index (χ4v) is 2.26. The second-order valence-electron chi connectivity index (χ2n) is 4.69. The Kier molecular flexibility index (Phi) is 4.59. The van der Waals surface area contributed by atoms with Crippen LogP contribution in [0.15, 0.2) is 22.8 Å². The molecule has 1 fully saturated rings. The number of nitrogens with two attached hydrogens (primary N) is 1. The maximum atomic E-state index is 6.13. The van der Waals surface area contributed by atoms with Crippen LogP contribution in [0.1, 0.15) is 19.1 Å². The highest BCUT2D eigenvalue weighted by Crippen LogP contribution is 2.16. The van der Waals surface area contributed by atoms with Crippen molar-refractivity contribution in [2.45, 2.75) is 25.9 Å². The van der Waals surface area contributed by atoms with E-state index in [1.807, 2.05) is 12.1 Å². The normalized spacial score (nSPS) is 25.4. The molecule has 2 atom stereocenters. The molecule has 17 heavy (non-hydrogen) atoms. The Balaban J connectivity index is 1.86. The molecule has 1 aromatic heterocycles. The number of rotatable bonds is 5. The zero-order chi connectivity index (χ0) is 12.1. The SMILES string of the molecule is CCN(Cc1ccco1)CC1COCCC1N. The van der Waals surface area contributed by atoms with Gasteiger partial charge in [0.1, 0.15) is 5.76 Å². The third kappa shape index (κ3) is 3.56. The van der Waals surface area contributed by atoms with E-state index < -0.39 is 0 Å². The largest absolute Gasteiger partial charge is 0.468 e. The Labute approximate surface area is 103 Å². The first-order valence-corrected chi connectivity index (χ1v) is 6.37. The quantitative estimate of drug-likeness (QED) is 0.844. The fraction of sp³-hybridized carbons (Fsp3) is 0.692. The van der Waals surface area contributed by atoms with E-state index in [9.17, 15) is 0 Å². The zero-order valence-electron chi connectivity index (χ0n) is 10.5. The van der Waals surface area contributed by atoms with Gasteiger partial charge in [0.2, 0.25) is 0 Å². The first-order valence-electron chi connectivity index (χ1n) is 6.37. The molecule has 96 valence electrons. The molecule has 2 rings (SSSR count). The highest BCUT2D eigenvalue weighted by molar-refractivity contribution is 4.98. The molecule has 0 saturated carbocycles. The van der Waals surface area contributed by atoms with Gasteiger partial charge in [-0.05, 0) is 25.1 Å². The molecule has 4 heteroatoms. The summed E-state index contributed by atoms with van der Waals surface area (Å²) in [6.07, 6.45) is 2.70. The van der Waals surface area contributed by atoms with Crippen molar-refractivity contribution in [1.82, 2.24) is 4.90 Å². The van der Waals surface area contributed by atoms with Crippen molar-refractivity contribution >= 4 is 0 Å². The Bertz CT molecular complexity index is 313. The third-order valence-electron chi connectivity index (χ3n) is 3.43. The van der Waals surface area contributed by atoms with Gasteiger partial charge in [-0.1, -0.05) is 6.92 Å². The summed E-state index contributed by atoms with van der Waals surface area (Å²) in [5.74, 6) is 1.45. The first-order chi connectivity index (χ1) is 8.29. The average Bonchev–Trinajstić information content (AvgIpc) is 2.84. The topological polar surface area (TPSA) is 51.6 Å². The van der Waals surface area contributed by atoms with E-state index >= 15 is 0 Å². The summed E-state index contributed by atoms with van der Waals surface area (Å²) in [6, 6.07) is 4.22. The summed E-state index contributed by atoms with van der Waals surface area (Å²) in [7, 11) is 0. The van der Waals surface area contributed by atoms with Crippen LogP contribution in [0, 0.1) is 5.92 Å². The minimum atomic E-state index is 0.273. The minimum absolute atomic E-state index is 0.273. The lowest BCUT2D eigenvalue weighted by atomic mass is 9.96. The molecule has 0 radical (unpaired) electrons. The van der Waals surface area contributed by atoms with Gasteiger partial charge in [-0.3, -0.25) is 4.90 Å². The van der Waals surface area contributed by atoms with E-state index in [-0.39, 0.29) is 6.04 Å². The summed E-state index contributed by atoms with van der Waals surface area (Å²) >= 11 is 0. The van der Waals surface area contributed by atoms with Gasteiger partial charge in [-0.25, -0.2) is 0 Å².